The summed E-state index contributed by atoms with van der Waals surface area (Å²) in [4.78, 5) is 53.3. The molecule has 0 bridgehead atoms. The van der Waals surface area contributed by atoms with E-state index in [1.54, 1.807) is 12.1 Å². The van der Waals surface area contributed by atoms with Crippen molar-refractivity contribution in [1.82, 2.24) is 39.9 Å². The van der Waals surface area contributed by atoms with Crippen LogP contribution in [0, 0.1) is 20.8 Å². The number of fused-ring (bicyclic) bond motifs is 4. The Morgan fingerprint density at radius 2 is 0.659 bits per heavy atom. The van der Waals surface area contributed by atoms with Crippen LogP contribution in [0.1, 0.15) is 63.0 Å². The van der Waals surface area contributed by atoms with Gasteiger partial charge in [-0.25, -0.2) is 29.5 Å². The zero-order valence-corrected chi connectivity index (χ0v) is 49.0. The Morgan fingerprint density at radius 3 is 1.00 bits per heavy atom. The molecule has 0 spiro atoms. The van der Waals surface area contributed by atoms with Gasteiger partial charge in [0.1, 0.15) is 23.3 Å². The highest BCUT2D eigenvalue weighted by Crippen LogP contribution is 2.33. The van der Waals surface area contributed by atoms with Gasteiger partial charge < -0.3 is 53.1 Å². The van der Waals surface area contributed by atoms with Gasteiger partial charge in [-0.3, -0.25) is 0 Å². The minimum absolute atomic E-state index is 0.0186. The number of nitrogen functional groups attached to an aromatic ring is 4. The predicted molar refractivity (Wildman–Crippen MR) is 357 cm³/mol. The summed E-state index contributed by atoms with van der Waals surface area (Å²) in [5.41, 5.74) is 46.8. The molecule has 14 N–H and O–H groups in total. The summed E-state index contributed by atoms with van der Waals surface area (Å²) in [6.07, 6.45) is 0. The van der Waals surface area contributed by atoms with Crippen molar-refractivity contribution in [3.05, 3.63) is 240 Å². The zero-order chi connectivity index (χ0) is 61.8. The molecular weight excluding hydrogens is 1100 g/mol. The number of carboxylic acids is 2. The number of hydrogen-bond donors (Lipinski definition) is 10. The molecule has 4 heterocycles. The highest BCUT2D eigenvalue weighted by molar-refractivity contribution is 5.94. The number of aromatic carboxylic acids is 2. The van der Waals surface area contributed by atoms with Gasteiger partial charge in [0.15, 0.2) is 0 Å². The smallest absolute Gasteiger partial charge is 0.335 e. The zero-order valence-electron chi connectivity index (χ0n) is 49.0. The third-order valence-electron chi connectivity index (χ3n) is 15.1. The number of aryl methyl sites for hydroxylation is 3. The number of nitrogens with one attached hydrogen (secondary N) is 4. The Morgan fingerprint density at radius 1 is 0.352 bits per heavy atom. The summed E-state index contributed by atoms with van der Waals surface area (Å²) in [6, 6.07) is 67.1. The van der Waals surface area contributed by atoms with Gasteiger partial charge >= 0.3 is 11.9 Å². The molecule has 0 fully saturated rings. The summed E-state index contributed by atoms with van der Waals surface area (Å²) in [5, 5.41) is 17.0. The quantitative estimate of drug-likeness (QED) is 0.0604. The fourth-order valence-electron chi connectivity index (χ4n) is 10.0. The molecule has 0 saturated carbocycles. The Labute approximate surface area is 507 Å². The molecule has 0 atom stereocenters. The lowest BCUT2D eigenvalue weighted by atomic mass is 10.0. The number of carboxylic acid groups (broad SMARTS) is 2. The van der Waals surface area contributed by atoms with Gasteiger partial charge in [-0.05, 0) is 157 Å². The fourth-order valence-corrected chi connectivity index (χ4v) is 10.0. The fraction of sp³-hybridized carbons (Fsp3) is 0.0833. The molecule has 14 aromatic rings. The van der Waals surface area contributed by atoms with E-state index in [1.807, 2.05) is 31.2 Å². The van der Waals surface area contributed by atoms with E-state index in [9.17, 15) is 9.59 Å². The molecule has 0 aliphatic heterocycles. The Kier molecular flexibility index (Phi) is 16.4. The molecule has 4 aromatic heterocycles. The number of H-pyrrole nitrogens is 4. The summed E-state index contributed by atoms with van der Waals surface area (Å²) >= 11 is 0. The first-order valence-corrected chi connectivity index (χ1v) is 28.5. The number of imidazole rings is 4. The molecule has 14 rings (SSSR count). The monoisotopic (exact) mass is 1160 g/mol. The van der Waals surface area contributed by atoms with Crippen LogP contribution in [0.25, 0.3) is 112 Å². The maximum absolute atomic E-state index is 10.4. The summed E-state index contributed by atoms with van der Waals surface area (Å²) < 4.78 is 0. The third kappa shape index (κ3) is 13.1. The SMILES string of the molecule is Cc1ccc(-c2nc3ccc(-c4ccc5nc(-c6ccc(C(C)C)cc6)[nH]c5c4)cc3[nH]2)cc1.Cc1ccc(-c2nc3ccc(-c4ccc5nc(C)[nH]c5c4)cc3[nH]2)cc1.Nc1ccc(-c2ccc(N)c(N)c2)cc1N.O=C(O)c1cccc(C(=O)O)c1. The van der Waals surface area contributed by atoms with E-state index in [0.29, 0.717) is 28.7 Å². The molecule has 0 radical (unpaired) electrons. The van der Waals surface area contributed by atoms with Crippen molar-refractivity contribution in [2.75, 3.05) is 22.9 Å². The summed E-state index contributed by atoms with van der Waals surface area (Å²) in [5.74, 6) is 1.89. The number of rotatable bonds is 9. The van der Waals surface area contributed by atoms with Crippen LogP contribution in [0.5, 0.6) is 0 Å². The van der Waals surface area contributed by atoms with E-state index in [0.717, 1.165) is 124 Å². The molecule has 10 aromatic carbocycles. The first-order chi connectivity index (χ1) is 42.4. The average molecular weight is 1160 g/mol. The number of carbonyl (C=O) groups is 2. The molecule has 0 aliphatic carbocycles. The van der Waals surface area contributed by atoms with Crippen LogP contribution in [0.4, 0.5) is 22.7 Å². The van der Waals surface area contributed by atoms with Crippen LogP contribution >= 0.6 is 0 Å². The number of aromatic nitrogens is 8. The van der Waals surface area contributed by atoms with Crippen LogP contribution in [0.15, 0.2) is 206 Å². The maximum Gasteiger partial charge on any atom is 0.335 e. The van der Waals surface area contributed by atoms with Crippen LogP contribution < -0.4 is 22.9 Å². The lowest BCUT2D eigenvalue weighted by Crippen LogP contribution is -2.01. The first kappa shape index (κ1) is 58.0. The minimum atomic E-state index is -1.13. The van der Waals surface area contributed by atoms with E-state index in [2.05, 4.69) is 198 Å². The number of nitrogens with two attached hydrogens (primary N) is 4. The van der Waals surface area contributed by atoms with Gasteiger partial charge in [-0.15, -0.1) is 0 Å². The van der Waals surface area contributed by atoms with Gasteiger partial charge in [-0.1, -0.05) is 140 Å². The van der Waals surface area contributed by atoms with E-state index in [4.69, 9.17) is 48.1 Å². The van der Waals surface area contributed by atoms with Crippen LogP contribution in [0.3, 0.4) is 0 Å². The largest absolute Gasteiger partial charge is 0.478 e. The van der Waals surface area contributed by atoms with E-state index in [-0.39, 0.29) is 11.1 Å². The topological polar surface area (TPSA) is 293 Å². The molecule has 0 amide bonds. The minimum Gasteiger partial charge on any atom is -0.478 e. The summed E-state index contributed by atoms with van der Waals surface area (Å²) in [6.45, 7) is 10.6. The highest BCUT2D eigenvalue weighted by Gasteiger charge is 2.13. The van der Waals surface area contributed by atoms with Crippen LogP contribution in [-0.4, -0.2) is 62.0 Å². The number of hydrogen-bond acceptors (Lipinski definition) is 10. The lowest BCUT2D eigenvalue weighted by molar-refractivity contribution is 0.0696. The molecule has 0 aliphatic rings. The van der Waals surface area contributed by atoms with Gasteiger partial charge in [0.2, 0.25) is 0 Å². The van der Waals surface area contributed by atoms with Crippen molar-refractivity contribution in [1.29, 1.82) is 0 Å². The maximum atomic E-state index is 10.4. The average Bonchev–Trinajstić information content (AvgIpc) is 2.23. The second kappa shape index (κ2) is 24.8. The van der Waals surface area contributed by atoms with Gasteiger partial charge in [-0.2, -0.15) is 0 Å². The van der Waals surface area contributed by atoms with Crippen molar-refractivity contribution in [2.24, 2.45) is 0 Å². The van der Waals surface area contributed by atoms with E-state index < -0.39 is 11.9 Å². The highest BCUT2D eigenvalue weighted by atomic mass is 16.4. The molecule has 436 valence electrons. The number of anilines is 4. The normalized spacial score (nSPS) is 11.0. The molecule has 0 unspecified atom stereocenters. The van der Waals surface area contributed by atoms with Crippen molar-refractivity contribution in [2.45, 2.75) is 40.5 Å². The predicted octanol–water partition coefficient (Wildman–Crippen LogP) is 16.0. The summed E-state index contributed by atoms with van der Waals surface area (Å²) in [7, 11) is 0. The van der Waals surface area contributed by atoms with Crippen molar-refractivity contribution in [3.8, 4) is 67.5 Å². The Bertz CT molecular complexity index is 4790. The van der Waals surface area contributed by atoms with E-state index >= 15 is 0 Å². The molecule has 88 heavy (non-hydrogen) atoms. The lowest BCUT2D eigenvalue weighted by Gasteiger charge is -2.07. The van der Waals surface area contributed by atoms with Crippen LogP contribution in [0.2, 0.25) is 0 Å². The van der Waals surface area contributed by atoms with Gasteiger partial charge in [0.25, 0.3) is 0 Å². The second-order valence-corrected chi connectivity index (χ2v) is 21.9. The molecular formula is C72H64N12O4. The van der Waals surface area contributed by atoms with Crippen LogP contribution in [-0.2, 0) is 0 Å². The Hall–Kier alpha value is -11.8. The second-order valence-electron chi connectivity index (χ2n) is 21.9. The molecule has 16 nitrogen and oxygen atoms in total. The number of aromatic amines is 4. The van der Waals surface area contributed by atoms with E-state index in [1.165, 1.54) is 34.9 Å². The van der Waals surface area contributed by atoms with Crippen molar-refractivity contribution >= 4 is 78.8 Å². The van der Waals surface area contributed by atoms with Crippen molar-refractivity contribution in [3.63, 3.8) is 0 Å². The first-order valence-electron chi connectivity index (χ1n) is 28.5. The third-order valence-corrected chi connectivity index (χ3v) is 15.1. The van der Waals surface area contributed by atoms with Crippen molar-refractivity contribution < 1.29 is 19.8 Å². The number of benzene rings is 10. The molecule has 0 saturated heterocycles. The standard InChI is InChI=1S/C30H26N4.C22H18N4.C12H14N4.C8H6O4/c1-18(2)20-8-10-22(11-9-20)30-32-26-15-13-24(17-28(26)34-30)23-12-14-25-27(16-23)33-29(31-25)21-6-4-19(3)5-7-21;1-13-3-5-15(6-4-13)22-25-19-10-8-17(12-21(19)26-22)16-7-9-18-20(11-16)24-14(2)23-18;13-9-3-1-7(5-11(9)15)8-2-4-10(14)12(16)6-8;9-7(10)5-2-1-3-6(4-5)8(11)12/h4-18H,1-3H3,(H,31,33)(H,32,34);3-12H,1-2H3,(H,23,24)(H,25,26);1-6H,13-16H2;1-4H,(H,9,10)(H,11,12). The van der Waals surface area contributed by atoms with Gasteiger partial charge in [0.05, 0.1) is 78.0 Å². The molecule has 16 heteroatoms. The van der Waals surface area contributed by atoms with Gasteiger partial charge in [0, 0.05) is 16.7 Å². The Balaban J connectivity index is 0.000000131. The number of nitrogens with zero attached hydrogens (tertiary/aromatic N) is 4.